The Bertz CT molecular complexity index is 406. The highest BCUT2D eigenvalue weighted by Gasteiger charge is 2.50. The molecule has 4 bridgehead atoms. The third-order valence-electron chi connectivity index (χ3n) is 5.41. The monoisotopic (exact) mass is 229 g/mol. The largest absolute Gasteiger partial charge is 0.367 e. The maximum absolute atomic E-state index is 12.6. The third-order valence-corrected chi connectivity index (χ3v) is 5.41. The molecular formula is C15H19NO. The van der Waals surface area contributed by atoms with Gasteiger partial charge in [0, 0.05) is 23.9 Å². The zero-order valence-corrected chi connectivity index (χ0v) is 10.1. The van der Waals surface area contributed by atoms with Crippen LogP contribution in [0, 0.1) is 29.6 Å². The summed E-state index contributed by atoms with van der Waals surface area (Å²) >= 11 is 0. The Hall–Kier alpha value is -1.05. The minimum absolute atomic E-state index is 0.346. The number of carbonyl (C=O) groups excluding carboxylic acids is 1. The Kier molecular flexibility index (Phi) is 2.03. The number of carbonyl (C=O) groups is 1. The first-order valence-corrected chi connectivity index (χ1v) is 6.98. The Balaban J connectivity index is 1.64. The summed E-state index contributed by atoms with van der Waals surface area (Å²) < 4.78 is 0. The van der Waals surface area contributed by atoms with Crippen molar-refractivity contribution in [2.45, 2.75) is 32.1 Å². The molecule has 0 aromatic carbocycles. The van der Waals surface area contributed by atoms with Crippen LogP contribution in [0.25, 0.3) is 0 Å². The summed E-state index contributed by atoms with van der Waals surface area (Å²) in [6.07, 6.45) is 10.5. The molecular weight excluding hydrogens is 210 g/mol. The molecule has 0 saturated heterocycles. The first kappa shape index (κ1) is 9.93. The van der Waals surface area contributed by atoms with Gasteiger partial charge < -0.3 is 4.98 Å². The van der Waals surface area contributed by atoms with Crippen LogP contribution in [0.1, 0.15) is 42.5 Å². The van der Waals surface area contributed by atoms with Crippen molar-refractivity contribution in [3.63, 3.8) is 0 Å². The molecule has 90 valence electrons. The van der Waals surface area contributed by atoms with Crippen LogP contribution in [0.4, 0.5) is 0 Å². The second kappa shape index (κ2) is 3.47. The molecule has 0 amide bonds. The van der Waals surface area contributed by atoms with Crippen LogP contribution >= 0.6 is 0 Å². The molecule has 4 saturated carbocycles. The number of aromatic amines is 1. The van der Waals surface area contributed by atoms with Crippen molar-refractivity contribution in [1.82, 2.24) is 4.98 Å². The predicted molar refractivity (Wildman–Crippen MR) is 65.7 cm³/mol. The molecule has 2 nitrogen and oxygen atoms in total. The normalized spacial score (nSPS) is 42.9. The van der Waals surface area contributed by atoms with Crippen LogP contribution in [0.15, 0.2) is 18.5 Å². The van der Waals surface area contributed by atoms with E-state index in [1.807, 2.05) is 18.5 Å². The summed E-state index contributed by atoms with van der Waals surface area (Å²) in [7, 11) is 0. The predicted octanol–water partition coefficient (Wildman–Crippen LogP) is 3.27. The number of hydrogen-bond acceptors (Lipinski definition) is 1. The van der Waals surface area contributed by atoms with E-state index in [1.165, 1.54) is 32.1 Å². The van der Waals surface area contributed by atoms with Gasteiger partial charge in [-0.1, -0.05) is 0 Å². The maximum Gasteiger partial charge on any atom is 0.168 e. The Labute approximate surface area is 102 Å². The quantitative estimate of drug-likeness (QED) is 0.776. The van der Waals surface area contributed by atoms with Gasteiger partial charge in [-0.05, 0) is 61.8 Å². The fourth-order valence-electron chi connectivity index (χ4n) is 5.02. The van der Waals surface area contributed by atoms with Gasteiger partial charge in [-0.25, -0.2) is 0 Å². The summed E-state index contributed by atoms with van der Waals surface area (Å²) in [5.41, 5.74) is 0.905. The molecule has 1 heterocycles. The molecule has 4 fully saturated rings. The SMILES string of the molecule is O=C(c1cc[nH]c1)C1C2CC3CC(C2)CC1C3. The lowest BCUT2D eigenvalue weighted by Gasteiger charge is -2.53. The number of hydrogen-bond donors (Lipinski definition) is 1. The lowest BCUT2D eigenvalue weighted by atomic mass is 9.51. The van der Waals surface area contributed by atoms with Gasteiger partial charge in [-0.3, -0.25) is 4.79 Å². The zero-order chi connectivity index (χ0) is 11.4. The molecule has 0 atom stereocenters. The van der Waals surface area contributed by atoms with E-state index in [0.717, 1.165) is 17.4 Å². The van der Waals surface area contributed by atoms with Gasteiger partial charge in [0.15, 0.2) is 5.78 Å². The van der Waals surface area contributed by atoms with E-state index >= 15 is 0 Å². The van der Waals surface area contributed by atoms with Gasteiger partial charge in [-0.15, -0.1) is 0 Å². The second-order valence-corrected chi connectivity index (χ2v) is 6.42. The average Bonchev–Trinajstić information content (AvgIpc) is 2.80. The first-order chi connectivity index (χ1) is 8.31. The van der Waals surface area contributed by atoms with Crippen molar-refractivity contribution in [3.8, 4) is 0 Å². The molecule has 2 heteroatoms. The summed E-state index contributed by atoms with van der Waals surface area (Å²) in [6, 6.07) is 1.94. The van der Waals surface area contributed by atoms with Gasteiger partial charge in [0.05, 0.1) is 0 Å². The summed E-state index contributed by atoms with van der Waals surface area (Å²) in [6.45, 7) is 0. The third kappa shape index (κ3) is 1.42. The second-order valence-electron chi connectivity index (χ2n) is 6.42. The maximum atomic E-state index is 12.6. The minimum Gasteiger partial charge on any atom is -0.367 e. The molecule has 0 unspecified atom stereocenters. The van der Waals surface area contributed by atoms with Crippen LogP contribution in [-0.4, -0.2) is 10.8 Å². The smallest absolute Gasteiger partial charge is 0.168 e. The molecule has 5 rings (SSSR count). The lowest BCUT2D eigenvalue weighted by Crippen LogP contribution is -2.47. The minimum atomic E-state index is 0.346. The van der Waals surface area contributed by atoms with E-state index in [4.69, 9.17) is 0 Å². The zero-order valence-electron chi connectivity index (χ0n) is 10.1. The number of H-pyrrole nitrogens is 1. The van der Waals surface area contributed by atoms with E-state index in [1.54, 1.807) is 0 Å². The highest BCUT2D eigenvalue weighted by Crippen LogP contribution is 2.57. The van der Waals surface area contributed by atoms with Crippen molar-refractivity contribution in [2.24, 2.45) is 29.6 Å². The fraction of sp³-hybridized carbons (Fsp3) is 0.667. The lowest BCUT2D eigenvalue weighted by molar-refractivity contribution is -0.0251. The number of ketones is 1. The van der Waals surface area contributed by atoms with Gasteiger partial charge in [0.2, 0.25) is 0 Å². The number of nitrogens with one attached hydrogen (secondary N) is 1. The number of aromatic nitrogens is 1. The van der Waals surface area contributed by atoms with E-state index in [0.29, 0.717) is 23.5 Å². The topological polar surface area (TPSA) is 32.9 Å². The summed E-state index contributed by atoms with van der Waals surface area (Å²) in [5.74, 6) is 4.07. The molecule has 0 aliphatic heterocycles. The average molecular weight is 229 g/mol. The van der Waals surface area contributed by atoms with Gasteiger partial charge in [0.1, 0.15) is 0 Å². The first-order valence-electron chi connectivity index (χ1n) is 6.98. The van der Waals surface area contributed by atoms with E-state index in [2.05, 4.69) is 4.98 Å². The molecule has 1 aromatic rings. The highest BCUT2D eigenvalue weighted by atomic mass is 16.1. The van der Waals surface area contributed by atoms with Crippen molar-refractivity contribution >= 4 is 5.78 Å². The summed E-state index contributed by atoms with van der Waals surface area (Å²) in [5, 5.41) is 0. The molecule has 4 aliphatic rings. The van der Waals surface area contributed by atoms with Gasteiger partial charge >= 0.3 is 0 Å². The molecule has 0 radical (unpaired) electrons. The Morgan fingerprint density at radius 3 is 2.24 bits per heavy atom. The van der Waals surface area contributed by atoms with E-state index in [-0.39, 0.29) is 0 Å². The van der Waals surface area contributed by atoms with Crippen molar-refractivity contribution in [3.05, 3.63) is 24.0 Å². The van der Waals surface area contributed by atoms with E-state index in [9.17, 15) is 4.79 Å². The van der Waals surface area contributed by atoms with Gasteiger partial charge in [0.25, 0.3) is 0 Å². The van der Waals surface area contributed by atoms with Crippen molar-refractivity contribution < 1.29 is 4.79 Å². The van der Waals surface area contributed by atoms with Crippen LogP contribution < -0.4 is 0 Å². The molecule has 1 N–H and O–H groups in total. The molecule has 0 spiro atoms. The van der Waals surface area contributed by atoms with Crippen LogP contribution in [-0.2, 0) is 0 Å². The number of rotatable bonds is 2. The van der Waals surface area contributed by atoms with Crippen molar-refractivity contribution in [1.29, 1.82) is 0 Å². The molecule has 1 aromatic heterocycles. The van der Waals surface area contributed by atoms with Gasteiger partial charge in [-0.2, -0.15) is 0 Å². The Morgan fingerprint density at radius 2 is 1.71 bits per heavy atom. The number of Topliss-reactive ketones (excluding diaryl/α,β-unsaturated/α-hetero) is 1. The molecule has 17 heavy (non-hydrogen) atoms. The van der Waals surface area contributed by atoms with Crippen LogP contribution in [0.5, 0.6) is 0 Å². The Morgan fingerprint density at radius 1 is 1.06 bits per heavy atom. The standard InChI is InChI=1S/C15H19NO/c17-15(11-1-2-16-8-11)14-12-4-9-3-10(6-12)7-13(14)5-9/h1-2,8-10,12-14,16H,3-7H2. The van der Waals surface area contributed by atoms with E-state index < -0.39 is 0 Å². The fourth-order valence-corrected chi connectivity index (χ4v) is 5.02. The highest BCUT2D eigenvalue weighted by molar-refractivity contribution is 5.98. The van der Waals surface area contributed by atoms with Crippen molar-refractivity contribution in [2.75, 3.05) is 0 Å². The summed E-state index contributed by atoms with van der Waals surface area (Å²) in [4.78, 5) is 15.6. The van der Waals surface area contributed by atoms with Crippen LogP contribution in [0.3, 0.4) is 0 Å². The molecule has 4 aliphatic carbocycles. The van der Waals surface area contributed by atoms with Crippen LogP contribution in [0.2, 0.25) is 0 Å².